The number of unbranched alkanes of at least 4 members (excludes halogenated alkanes) is 30. The zero-order valence-corrected chi connectivity index (χ0v) is 45.1. The first-order valence-electron chi connectivity index (χ1n) is 27.2. The SMILES string of the molecule is CCCCCCCCCCCCCCCCCCC(OC(=O)CS)c1cc(C)c(O)c(C)c1.CCCCCCCCCCCCCCCCCCC(SCc1cc(C)c(O)c(C)c1)C(=O)O. The summed E-state index contributed by atoms with van der Waals surface area (Å²) in [5, 5.41) is 29.2. The highest BCUT2D eigenvalue weighted by molar-refractivity contribution is 7.99. The number of benzene rings is 2. The Morgan fingerprint density at radius 2 is 0.803 bits per heavy atom. The number of thioether (sulfide) groups is 1. The maximum atomic E-state index is 11.9. The normalized spacial score (nSPS) is 12.2. The zero-order chi connectivity index (χ0) is 48.6. The molecule has 2 unspecified atom stereocenters. The number of carbonyl (C=O) groups excluding carboxylic acids is 1. The Morgan fingerprint density at radius 1 is 0.500 bits per heavy atom. The quantitative estimate of drug-likeness (QED) is 0.0299. The third-order valence-electron chi connectivity index (χ3n) is 13.2. The third-order valence-corrected chi connectivity index (χ3v) is 14.8. The summed E-state index contributed by atoms with van der Waals surface area (Å²) in [4.78, 5) is 23.5. The summed E-state index contributed by atoms with van der Waals surface area (Å²) in [7, 11) is 0. The van der Waals surface area contributed by atoms with Crippen LogP contribution in [0.4, 0.5) is 0 Å². The van der Waals surface area contributed by atoms with Crippen LogP contribution in [0.15, 0.2) is 24.3 Å². The standard InChI is InChI=1S/2C29H50O3S/c1-4-5-6-7-8-9-10-11-12-13-14-15-16-17-18-19-20-27(32-28(30)23-33)26-21-24(2)29(31)25(3)22-26;1-4-5-6-7-8-9-10-11-12-13-14-15-16-17-18-19-20-27(29(31)32)33-23-26-21-24(2)28(30)25(3)22-26/h21-22,27,31,33H,4-20,23H2,1-3H3;21-22,27,30H,4-20,23H2,1-3H3,(H,31,32). The average molecular weight is 958 g/mol. The second-order valence-corrected chi connectivity index (χ2v) is 21.0. The summed E-state index contributed by atoms with van der Waals surface area (Å²) in [6, 6.07) is 7.79. The molecule has 0 spiro atoms. The van der Waals surface area contributed by atoms with Gasteiger partial charge >= 0.3 is 11.9 Å². The van der Waals surface area contributed by atoms with Crippen molar-refractivity contribution in [3.8, 4) is 11.5 Å². The number of carboxylic acid groups (broad SMARTS) is 1. The van der Waals surface area contributed by atoms with E-state index in [-0.39, 0.29) is 23.1 Å². The van der Waals surface area contributed by atoms with E-state index < -0.39 is 5.97 Å². The van der Waals surface area contributed by atoms with E-state index in [9.17, 15) is 24.9 Å². The van der Waals surface area contributed by atoms with E-state index in [1.54, 1.807) is 0 Å². The van der Waals surface area contributed by atoms with Crippen LogP contribution in [0.5, 0.6) is 11.5 Å². The summed E-state index contributed by atoms with van der Waals surface area (Å²) in [6.45, 7) is 12.1. The number of aryl methyl sites for hydroxylation is 4. The molecule has 8 heteroatoms. The molecule has 66 heavy (non-hydrogen) atoms. The van der Waals surface area contributed by atoms with Crippen molar-refractivity contribution in [2.45, 2.75) is 277 Å². The molecule has 0 saturated carbocycles. The number of aliphatic carboxylic acids is 1. The van der Waals surface area contributed by atoms with Crippen LogP contribution in [0.2, 0.25) is 0 Å². The molecule has 2 atom stereocenters. The predicted octanol–water partition coefficient (Wildman–Crippen LogP) is 18.5. The molecule has 0 bridgehead atoms. The van der Waals surface area contributed by atoms with E-state index in [0.717, 1.165) is 65.5 Å². The molecule has 2 aromatic rings. The number of carbonyl (C=O) groups is 2. The largest absolute Gasteiger partial charge is 0.507 e. The number of phenols is 2. The second kappa shape index (κ2) is 41.6. The van der Waals surface area contributed by atoms with Gasteiger partial charge in [0.1, 0.15) is 22.9 Å². The number of thiol groups is 1. The average Bonchev–Trinajstić information content (AvgIpc) is 3.29. The van der Waals surface area contributed by atoms with E-state index in [4.69, 9.17) is 4.74 Å². The highest BCUT2D eigenvalue weighted by Crippen LogP contribution is 2.32. The minimum atomic E-state index is -0.701. The Morgan fingerprint density at radius 3 is 1.12 bits per heavy atom. The predicted molar refractivity (Wildman–Crippen MR) is 289 cm³/mol. The number of hydrogen-bond acceptors (Lipinski definition) is 7. The van der Waals surface area contributed by atoms with Crippen LogP contribution >= 0.6 is 24.4 Å². The number of phenolic OH excluding ortho intramolecular Hbond substituents is 2. The van der Waals surface area contributed by atoms with Gasteiger partial charge in [-0.25, -0.2) is 0 Å². The molecule has 0 amide bonds. The van der Waals surface area contributed by atoms with Gasteiger partial charge in [0.2, 0.25) is 0 Å². The fourth-order valence-corrected chi connectivity index (χ4v) is 10.1. The van der Waals surface area contributed by atoms with Crippen molar-refractivity contribution in [2.24, 2.45) is 0 Å². The molecular weight excluding hydrogens is 857 g/mol. The lowest BCUT2D eigenvalue weighted by atomic mass is 9.97. The van der Waals surface area contributed by atoms with Gasteiger partial charge in [-0.1, -0.05) is 225 Å². The van der Waals surface area contributed by atoms with Crippen LogP contribution in [0.1, 0.15) is 272 Å². The molecule has 6 nitrogen and oxygen atoms in total. The summed E-state index contributed by atoms with van der Waals surface area (Å²) in [6.07, 6.45) is 44.2. The number of aromatic hydroxyl groups is 2. The van der Waals surface area contributed by atoms with Crippen LogP contribution in [-0.4, -0.2) is 38.3 Å². The van der Waals surface area contributed by atoms with Gasteiger partial charge in [-0.2, -0.15) is 12.6 Å². The van der Waals surface area contributed by atoms with Crippen molar-refractivity contribution >= 4 is 36.3 Å². The van der Waals surface area contributed by atoms with Gasteiger partial charge in [-0.3, -0.25) is 9.59 Å². The Balaban J connectivity index is 0.000000660. The molecule has 2 aromatic carbocycles. The Kier molecular flexibility index (Phi) is 38.9. The second-order valence-electron chi connectivity index (χ2n) is 19.5. The molecule has 0 radical (unpaired) electrons. The Labute approximate surface area is 415 Å². The first-order valence-corrected chi connectivity index (χ1v) is 28.9. The van der Waals surface area contributed by atoms with Crippen molar-refractivity contribution < 1.29 is 29.6 Å². The van der Waals surface area contributed by atoms with Gasteiger partial charge < -0.3 is 20.1 Å². The molecule has 0 heterocycles. The first-order chi connectivity index (χ1) is 31.9. The number of hydrogen-bond donors (Lipinski definition) is 4. The highest BCUT2D eigenvalue weighted by Gasteiger charge is 2.19. The van der Waals surface area contributed by atoms with Crippen LogP contribution in [0.25, 0.3) is 0 Å². The number of ether oxygens (including phenoxy) is 1. The summed E-state index contributed by atoms with van der Waals surface area (Å²) < 4.78 is 5.66. The van der Waals surface area contributed by atoms with Crippen LogP contribution in [0.3, 0.4) is 0 Å². The number of esters is 1. The topological polar surface area (TPSA) is 104 Å². The van der Waals surface area contributed by atoms with Gasteiger partial charge in [-0.15, -0.1) is 11.8 Å². The fourth-order valence-electron chi connectivity index (χ4n) is 9.02. The van der Waals surface area contributed by atoms with Gasteiger partial charge in [-0.05, 0) is 92.5 Å². The van der Waals surface area contributed by atoms with Crippen LogP contribution < -0.4 is 0 Å². The zero-order valence-electron chi connectivity index (χ0n) is 43.3. The number of rotatable bonds is 41. The minimum absolute atomic E-state index is 0.0888. The monoisotopic (exact) mass is 957 g/mol. The van der Waals surface area contributed by atoms with Crippen molar-refractivity contribution in [3.05, 3.63) is 57.6 Å². The lowest BCUT2D eigenvalue weighted by molar-refractivity contribution is -0.146. The molecule has 0 aliphatic heterocycles. The lowest BCUT2D eigenvalue weighted by Crippen LogP contribution is -2.16. The molecule has 0 aliphatic rings. The van der Waals surface area contributed by atoms with E-state index in [0.29, 0.717) is 17.3 Å². The molecule has 380 valence electrons. The van der Waals surface area contributed by atoms with Gasteiger partial charge in [0.15, 0.2) is 0 Å². The fraction of sp³-hybridized carbons (Fsp3) is 0.759. The molecule has 0 saturated heterocycles. The molecule has 3 N–H and O–H groups in total. The van der Waals surface area contributed by atoms with Crippen LogP contribution in [-0.2, 0) is 20.1 Å². The molecule has 0 aromatic heterocycles. The third kappa shape index (κ3) is 31.7. The van der Waals surface area contributed by atoms with Crippen molar-refractivity contribution in [1.29, 1.82) is 0 Å². The van der Waals surface area contributed by atoms with E-state index in [1.807, 2.05) is 52.0 Å². The summed E-state index contributed by atoms with van der Waals surface area (Å²) in [5.41, 5.74) is 5.42. The smallest absolute Gasteiger partial charge is 0.316 e. The maximum Gasteiger partial charge on any atom is 0.316 e. The van der Waals surface area contributed by atoms with Crippen molar-refractivity contribution in [1.82, 2.24) is 0 Å². The lowest BCUT2D eigenvalue weighted by Gasteiger charge is -2.20. The highest BCUT2D eigenvalue weighted by atomic mass is 32.2. The molecule has 0 fully saturated rings. The maximum absolute atomic E-state index is 11.9. The van der Waals surface area contributed by atoms with Crippen molar-refractivity contribution in [2.75, 3.05) is 5.75 Å². The van der Waals surface area contributed by atoms with E-state index >= 15 is 0 Å². The van der Waals surface area contributed by atoms with Gasteiger partial charge in [0.25, 0.3) is 0 Å². The molecular formula is C58H100O6S2. The molecule has 2 rings (SSSR count). The summed E-state index contributed by atoms with van der Waals surface area (Å²) in [5.74, 6) is 0.437. The van der Waals surface area contributed by atoms with Crippen LogP contribution in [0, 0.1) is 27.7 Å². The van der Waals surface area contributed by atoms with Gasteiger partial charge in [0, 0.05) is 5.75 Å². The minimum Gasteiger partial charge on any atom is -0.507 e. The Hall–Kier alpha value is -2.32. The van der Waals surface area contributed by atoms with Gasteiger partial charge in [0.05, 0.1) is 5.75 Å². The van der Waals surface area contributed by atoms with E-state index in [2.05, 4.69) is 26.5 Å². The number of carboxylic acids is 1. The molecule has 0 aliphatic carbocycles. The first kappa shape index (κ1) is 61.7. The summed E-state index contributed by atoms with van der Waals surface area (Å²) >= 11 is 5.56. The Bertz CT molecular complexity index is 1460. The van der Waals surface area contributed by atoms with Crippen molar-refractivity contribution in [3.63, 3.8) is 0 Å². The van der Waals surface area contributed by atoms with E-state index in [1.165, 1.54) is 198 Å².